The molecule has 1 unspecified atom stereocenters. The summed E-state index contributed by atoms with van der Waals surface area (Å²) >= 11 is 0. The van der Waals surface area contributed by atoms with Crippen molar-refractivity contribution in [3.63, 3.8) is 0 Å². The lowest BCUT2D eigenvalue weighted by Crippen LogP contribution is -2.41. The molecular weight excluding hydrogens is 258 g/mol. The van der Waals surface area contributed by atoms with E-state index in [0.29, 0.717) is 6.42 Å². The molecule has 0 saturated carbocycles. The van der Waals surface area contributed by atoms with E-state index >= 15 is 0 Å². The summed E-state index contributed by atoms with van der Waals surface area (Å²) in [6.45, 7) is 1.73. The molecule has 0 heterocycles. The first-order valence-corrected chi connectivity index (χ1v) is 6.31. The van der Waals surface area contributed by atoms with Crippen LogP contribution in [0.15, 0.2) is 30.3 Å². The quantitative estimate of drug-likeness (QED) is 0.808. The lowest BCUT2D eigenvalue weighted by molar-refractivity contribution is -0.147. The highest BCUT2D eigenvalue weighted by molar-refractivity contribution is 5.94. The Morgan fingerprint density at radius 1 is 1.35 bits per heavy atom. The van der Waals surface area contributed by atoms with Crippen molar-refractivity contribution in [2.75, 3.05) is 14.2 Å². The van der Waals surface area contributed by atoms with E-state index in [1.165, 1.54) is 18.0 Å². The molecule has 0 radical (unpaired) electrons. The number of amides is 1. The van der Waals surface area contributed by atoms with E-state index in [1.54, 1.807) is 32.2 Å². The van der Waals surface area contributed by atoms with Gasteiger partial charge in [0.2, 0.25) is 5.91 Å². The summed E-state index contributed by atoms with van der Waals surface area (Å²) in [6, 6.07) is 6.41. The van der Waals surface area contributed by atoms with Gasteiger partial charge in [-0.3, -0.25) is 4.79 Å². The Labute approximate surface area is 118 Å². The third-order valence-corrected chi connectivity index (χ3v) is 3.02. The maximum atomic E-state index is 11.9. The summed E-state index contributed by atoms with van der Waals surface area (Å²) in [5.41, 5.74) is 0.843. The summed E-state index contributed by atoms with van der Waals surface area (Å²) in [6.07, 6.45) is 3.38. The van der Waals surface area contributed by atoms with Crippen LogP contribution in [-0.2, 0) is 9.59 Å². The van der Waals surface area contributed by atoms with Crippen LogP contribution < -0.4 is 4.74 Å². The van der Waals surface area contributed by atoms with Gasteiger partial charge in [0.1, 0.15) is 11.8 Å². The largest absolute Gasteiger partial charge is 0.497 e. The smallest absolute Gasteiger partial charge is 0.326 e. The Hall–Kier alpha value is -2.30. The molecule has 0 saturated heterocycles. The fourth-order valence-electron chi connectivity index (χ4n) is 1.77. The minimum absolute atomic E-state index is 0.338. The topological polar surface area (TPSA) is 66.8 Å². The summed E-state index contributed by atoms with van der Waals surface area (Å²) in [5.74, 6) is -0.598. The van der Waals surface area contributed by atoms with Gasteiger partial charge in [-0.1, -0.05) is 19.1 Å². The second kappa shape index (κ2) is 7.33. The molecule has 0 aliphatic heterocycles. The number of ether oxygens (including phenoxy) is 1. The third-order valence-electron chi connectivity index (χ3n) is 3.02. The molecule has 1 atom stereocenters. The average Bonchev–Trinajstić information content (AvgIpc) is 2.45. The fourth-order valence-corrected chi connectivity index (χ4v) is 1.77. The second-order valence-corrected chi connectivity index (χ2v) is 4.32. The van der Waals surface area contributed by atoms with Crippen LogP contribution in [0.4, 0.5) is 0 Å². The molecular formula is C15H19NO4. The average molecular weight is 277 g/mol. The van der Waals surface area contributed by atoms with Crippen molar-refractivity contribution in [1.82, 2.24) is 4.90 Å². The molecule has 0 bridgehead atoms. The molecule has 0 aliphatic rings. The van der Waals surface area contributed by atoms with Crippen LogP contribution in [0.5, 0.6) is 5.75 Å². The van der Waals surface area contributed by atoms with Gasteiger partial charge in [-0.25, -0.2) is 4.79 Å². The molecule has 0 fully saturated rings. The Morgan fingerprint density at radius 3 is 2.40 bits per heavy atom. The number of rotatable bonds is 6. The third kappa shape index (κ3) is 4.12. The van der Waals surface area contributed by atoms with Crippen molar-refractivity contribution in [1.29, 1.82) is 0 Å². The van der Waals surface area contributed by atoms with E-state index in [-0.39, 0.29) is 5.91 Å². The standard InChI is InChI=1S/C15H19NO4/c1-4-13(15(18)19)16(2)14(17)10-7-11-5-8-12(20-3)9-6-11/h5-10,13H,4H2,1-3H3,(H,18,19). The minimum Gasteiger partial charge on any atom is -0.497 e. The molecule has 1 rings (SSSR count). The number of carbonyl (C=O) groups excluding carboxylic acids is 1. The lowest BCUT2D eigenvalue weighted by Gasteiger charge is -2.22. The van der Waals surface area contributed by atoms with Crippen LogP contribution in [0.25, 0.3) is 6.08 Å². The highest BCUT2D eigenvalue weighted by Gasteiger charge is 2.22. The van der Waals surface area contributed by atoms with E-state index in [0.717, 1.165) is 11.3 Å². The van der Waals surface area contributed by atoms with Gasteiger partial charge < -0.3 is 14.7 Å². The van der Waals surface area contributed by atoms with E-state index in [1.807, 2.05) is 12.1 Å². The molecule has 1 N–H and O–H groups in total. The van der Waals surface area contributed by atoms with Crippen LogP contribution in [-0.4, -0.2) is 42.1 Å². The van der Waals surface area contributed by atoms with Crippen molar-refractivity contribution in [2.45, 2.75) is 19.4 Å². The zero-order valence-corrected chi connectivity index (χ0v) is 11.9. The first kappa shape index (κ1) is 15.8. The van der Waals surface area contributed by atoms with Crippen molar-refractivity contribution in [2.24, 2.45) is 0 Å². The van der Waals surface area contributed by atoms with Gasteiger partial charge in [-0.05, 0) is 30.2 Å². The van der Waals surface area contributed by atoms with Crippen LogP contribution in [0.1, 0.15) is 18.9 Å². The number of likely N-dealkylation sites (N-methyl/N-ethyl adjacent to an activating group) is 1. The summed E-state index contributed by atoms with van der Waals surface area (Å²) < 4.78 is 5.04. The van der Waals surface area contributed by atoms with Gasteiger partial charge in [0.25, 0.3) is 0 Å². The number of carboxylic acid groups (broad SMARTS) is 1. The number of nitrogens with zero attached hydrogens (tertiary/aromatic N) is 1. The number of benzene rings is 1. The minimum atomic E-state index is -0.999. The first-order valence-electron chi connectivity index (χ1n) is 6.31. The van der Waals surface area contributed by atoms with E-state index in [9.17, 15) is 9.59 Å². The lowest BCUT2D eigenvalue weighted by atomic mass is 10.1. The van der Waals surface area contributed by atoms with Gasteiger partial charge in [0.05, 0.1) is 7.11 Å². The Balaban J connectivity index is 2.73. The highest BCUT2D eigenvalue weighted by atomic mass is 16.5. The van der Waals surface area contributed by atoms with Crippen molar-refractivity contribution in [3.05, 3.63) is 35.9 Å². The first-order chi connectivity index (χ1) is 9.49. The number of carbonyl (C=O) groups is 2. The van der Waals surface area contributed by atoms with Crippen LogP contribution in [0.3, 0.4) is 0 Å². The van der Waals surface area contributed by atoms with E-state index in [4.69, 9.17) is 9.84 Å². The fraction of sp³-hybridized carbons (Fsp3) is 0.333. The molecule has 108 valence electrons. The highest BCUT2D eigenvalue weighted by Crippen LogP contribution is 2.12. The van der Waals surface area contributed by atoms with Crippen LogP contribution in [0.2, 0.25) is 0 Å². The van der Waals surface area contributed by atoms with Crippen molar-refractivity contribution in [3.8, 4) is 5.75 Å². The molecule has 1 amide bonds. The van der Waals surface area contributed by atoms with Gasteiger partial charge in [-0.15, -0.1) is 0 Å². The zero-order valence-electron chi connectivity index (χ0n) is 11.9. The predicted molar refractivity (Wildman–Crippen MR) is 76.5 cm³/mol. The van der Waals surface area contributed by atoms with Crippen molar-refractivity contribution >= 4 is 18.0 Å². The normalized spacial score (nSPS) is 12.2. The predicted octanol–water partition coefficient (Wildman–Crippen LogP) is 2.03. The van der Waals surface area contributed by atoms with Crippen LogP contribution in [0, 0.1) is 0 Å². The molecule has 0 spiro atoms. The maximum Gasteiger partial charge on any atom is 0.326 e. The Morgan fingerprint density at radius 2 is 1.95 bits per heavy atom. The summed E-state index contributed by atoms with van der Waals surface area (Å²) in [7, 11) is 3.07. The summed E-state index contributed by atoms with van der Waals surface area (Å²) in [4.78, 5) is 24.1. The maximum absolute atomic E-state index is 11.9. The zero-order chi connectivity index (χ0) is 15.1. The van der Waals surface area contributed by atoms with Crippen molar-refractivity contribution < 1.29 is 19.4 Å². The number of aliphatic carboxylic acids is 1. The second-order valence-electron chi connectivity index (χ2n) is 4.32. The molecule has 20 heavy (non-hydrogen) atoms. The molecule has 0 aliphatic carbocycles. The molecule has 1 aromatic rings. The molecule has 1 aromatic carbocycles. The van der Waals surface area contributed by atoms with Gasteiger partial charge >= 0.3 is 5.97 Å². The van der Waals surface area contributed by atoms with Crippen LogP contribution >= 0.6 is 0 Å². The molecule has 0 aromatic heterocycles. The van der Waals surface area contributed by atoms with E-state index < -0.39 is 12.0 Å². The van der Waals surface area contributed by atoms with Gasteiger partial charge in [0, 0.05) is 13.1 Å². The Kier molecular flexibility index (Phi) is 5.77. The SMILES string of the molecule is CCC(C(=O)O)N(C)C(=O)C=Cc1ccc(OC)cc1. The van der Waals surface area contributed by atoms with E-state index in [2.05, 4.69) is 0 Å². The van der Waals surface area contributed by atoms with Gasteiger partial charge in [-0.2, -0.15) is 0 Å². The summed E-state index contributed by atoms with van der Waals surface area (Å²) in [5, 5.41) is 9.00. The molecule has 5 heteroatoms. The number of hydrogen-bond acceptors (Lipinski definition) is 3. The number of hydrogen-bond donors (Lipinski definition) is 1. The molecule has 5 nitrogen and oxygen atoms in total. The monoisotopic (exact) mass is 277 g/mol. The number of carboxylic acids is 1. The Bertz CT molecular complexity index is 493. The van der Waals surface area contributed by atoms with Gasteiger partial charge in [0.15, 0.2) is 0 Å². The number of methoxy groups -OCH3 is 1.